The first-order chi connectivity index (χ1) is 6.29. The third kappa shape index (κ3) is 1.69. The number of rotatable bonds is 1. The lowest BCUT2D eigenvalue weighted by molar-refractivity contribution is 0.574. The van der Waals surface area contributed by atoms with Crippen molar-refractivity contribution in [1.82, 2.24) is 4.98 Å². The van der Waals surface area contributed by atoms with Crippen LogP contribution < -0.4 is 0 Å². The molecule has 0 saturated carbocycles. The zero-order chi connectivity index (χ0) is 9.26. The van der Waals surface area contributed by atoms with Gasteiger partial charge in [0.05, 0.1) is 11.8 Å². The Bertz CT molecular complexity index is 391. The smallest absolute Gasteiger partial charge is 0.228 e. The molecule has 2 nitrogen and oxygen atoms in total. The van der Waals surface area contributed by atoms with E-state index in [0.29, 0.717) is 5.89 Å². The van der Waals surface area contributed by atoms with Crippen LogP contribution in [0.5, 0.6) is 0 Å². The molecule has 0 spiro atoms. The molecule has 0 radical (unpaired) electrons. The van der Waals surface area contributed by atoms with Crippen LogP contribution in [0, 0.1) is 0 Å². The van der Waals surface area contributed by atoms with Crippen LogP contribution in [0.25, 0.3) is 11.5 Å². The van der Waals surface area contributed by atoms with Crippen molar-refractivity contribution < 1.29 is 4.42 Å². The van der Waals surface area contributed by atoms with Crippen molar-refractivity contribution in [2.45, 2.75) is 0 Å². The number of nitrogens with zero attached hydrogens (tertiary/aromatic N) is 1. The van der Waals surface area contributed by atoms with Crippen LogP contribution in [0.1, 0.15) is 0 Å². The second-order valence-electron chi connectivity index (χ2n) is 2.43. The second-order valence-corrected chi connectivity index (χ2v) is 4.14. The van der Waals surface area contributed by atoms with Crippen molar-refractivity contribution in [2.75, 3.05) is 0 Å². The molecule has 1 aromatic carbocycles. The van der Waals surface area contributed by atoms with E-state index in [4.69, 9.17) is 4.42 Å². The normalized spacial score (nSPS) is 10.3. The van der Waals surface area contributed by atoms with Gasteiger partial charge in [-0.25, -0.2) is 4.98 Å². The summed E-state index contributed by atoms with van der Waals surface area (Å²) in [5, 5.41) is 0. The highest BCUT2D eigenvalue weighted by Gasteiger charge is 2.10. The fraction of sp³-hybridized carbons (Fsp3) is 0. The standard InChI is InChI=1S/C9H5Br2NO/c10-6-2-1-3-7(11)8(6)9-12-4-5-13-9/h1-5H. The summed E-state index contributed by atoms with van der Waals surface area (Å²) in [7, 11) is 0. The predicted molar refractivity (Wildman–Crippen MR) is 57.3 cm³/mol. The molecule has 0 saturated heterocycles. The third-order valence-corrected chi connectivity index (χ3v) is 2.93. The van der Waals surface area contributed by atoms with E-state index >= 15 is 0 Å². The van der Waals surface area contributed by atoms with Gasteiger partial charge >= 0.3 is 0 Å². The molecule has 13 heavy (non-hydrogen) atoms. The Morgan fingerprint density at radius 3 is 2.38 bits per heavy atom. The number of aromatic nitrogens is 1. The molecule has 66 valence electrons. The fourth-order valence-electron chi connectivity index (χ4n) is 1.05. The van der Waals surface area contributed by atoms with Crippen LogP contribution in [0.2, 0.25) is 0 Å². The molecule has 2 rings (SSSR count). The molecule has 0 N–H and O–H groups in total. The Kier molecular flexibility index (Phi) is 2.51. The van der Waals surface area contributed by atoms with E-state index in [2.05, 4.69) is 36.8 Å². The monoisotopic (exact) mass is 301 g/mol. The molecule has 2 aromatic rings. The Morgan fingerprint density at radius 1 is 1.15 bits per heavy atom. The molecule has 0 aliphatic rings. The van der Waals surface area contributed by atoms with E-state index in [0.717, 1.165) is 14.5 Å². The molecule has 0 aliphatic carbocycles. The fourth-order valence-corrected chi connectivity index (χ4v) is 2.39. The molecule has 0 amide bonds. The molecule has 0 atom stereocenters. The summed E-state index contributed by atoms with van der Waals surface area (Å²) in [4.78, 5) is 4.08. The molecule has 0 bridgehead atoms. The van der Waals surface area contributed by atoms with Gasteiger partial charge in [0.15, 0.2) is 0 Å². The number of oxazole rings is 1. The average molecular weight is 303 g/mol. The van der Waals surface area contributed by atoms with Crippen LogP contribution in [0.15, 0.2) is 44.0 Å². The molecule has 1 aromatic heterocycles. The summed E-state index contributed by atoms with van der Waals surface area (Å²) in [5.41, 5.74) is 0.938. The van der Waals surface area contributed by atoms with Crippen molar-refractivity contribution in [3.63, 3.8) is 0 Å². The van der Waals surface area contributed by atoms with Crippen LogP contribution >= 0.6 is 31.9 Å². The van der Waals surface area contributed by atoms with Crippen molar-refractivity contribution in [1.29, 1.82) is 0 Å². The Hall–Kier alpha value is -0.610. The summed E-state index contributed by atoms with van der Waals surface area (Å²) in [6, 6.07) is 5.84. The molecule has 0 aliphatic heterocycles. The maximum Gasteiger partial charge on any atom is 0.228 e. The van der Waals surface area contributed by atoms with Crippen LogP contribution in [0.4, 0.5) is 0 Å². The largest absolute Gasteiger partial charge is 0.444 e. The van der Waals surface area contributed by atoms with Gasteiger partial charge in [0.1, 0.15) is 6.26 Å². The zero-order valence-electron chi connectivity index (χ0n) is 6.50. The van der Waals surface area contributed by atoms with Crippen molar-refractivity contribution in [3.05, 3.63) is 39.6 Å². The SMILES string of the molecule is Brc1cccc(Br)c1-c1ncco1. The molecule has 1 heterocycles. The van der Waals surface area contributed by atoms with Crippen molar-refractivity contribution >= 4 is 31.9 Å². The van der Waals surface area contributed by atoms with Crippen LogP contribution in [0.3, 0.4) is 0 Å². The molecular weight excluding hydrogens is 298 g/mol. The minimum atomic E-state index is 0.611. The van der Waals surface area contributed by atoms with Gasteiger partial charge in [-0.15, -0.1) is 0 Å². The van der Waals surface area contributed by atoms with E-state index in [1.54, 1.807) is 12.5 Å². The molecule has 4 heteroatoms. The molecule has 0 fully saturated rings. The predicted octanol–water partition coefficient (Wildman–Crippen LogP) is 3.87. The number of benzene rings is 1. The van der Waals surface area contributed by atoms with Gasteiger partial charge in [0.25, 0.3) is 0 Å². The van der Waals surface area contributed by atoms with Crippen LogP contribution in [-0.2, 0) is 0 Å². The summed E-state index contributed by atoms with van der Waals surface area (Å²) in [6.07, 6.45) is 3.18. The lowest BCUT2D eigenvalue weighted by Crippen LogP contribution is -1.80. The Labute approximate surface area is 92.2 Å². The minimum Gasteiger partial charge on any atom is -0.444 e. The highest BCUT2D eigenvalue weighted by atomic mass is 79.9. The lowest BCUT2D eigenvalue weighted by Gasteiger charge is -2.01. The van der Waals surface area contributed by atoms with Gasteiger partial charge in [0, 0.05) is 8.95 Å². The maximum absolute atomic E-state index is 5.21. The highest BCUT2D eigenvalue weighted by Crippen LogP contribution is 2.33. The first kappa shape index (κ1) is 8.97. The second kappa shape index (κ2) is 3.64. The minimum absolute atomic E-state index is 0.611. The summed E-state index contributed by atoms with van der Waals surface area (Å²) >= 11 is 6.88. The Morgan fingerprint density at radius 2 is 1.85 bits per heavy atom. The topological polar surface area (TPSA) is 26.0 Å². The van der Waals surface area contributed by atoms with E-state index in [9.17, 15) is 0 Å². The van der Waals surface area contributed by atoms with E-state index in [-0.39, 0.29) is 0 Å². The quantitative estimate of drug-likeness (QED) is 0.799. The van der Waals surface area contributed by atoms with Crippen molar-refractivity contribution in [2.24, 2.45) is 0 Å². The number of halogens is 2. The first-order valence-electron chi connectivity index (χ1n) is 3.63. The average Bonchev–Trinajstić information content (AvgIpc) is 2.57. The summed E-state index contributed by atoms with van der Waals surface area (Å²) in [6.45, 7) is 0. The van der Waals surface area contributed by atoms with Gasteiger partial charge in [-0.3, -0.25) is 0 Å². The number of hydrogen-bond acceptors (Lipinski definition) is 2. The third-order valence-electron chi connectivity index (χ3n) is 1.61. The van der Waals surface area contributed by atoms with Crippen molar-refractivity contribution in [3.8, 4) is 11.5 Å². The number of hydrogen-bond donors (Lipinski definition) is 0. The van der Waals surface area contributed by atoms with Crippen LogP contribution in [-0.4, -0.2) is 4.98 Å². The maximum atomic E-state index is 5.21. The summed E-state index contributed by atoms with van der Waals surface area (Å²) < 4.78 is 7.13. The highest BCUT2D eigenvalue weighted by molar-refractivity contribution is 9.11. The van der Waals surface area contributed by atoms with E-state index < -0.39 is 0 Å². The van der Waals surface area contributed by atoms with Gasteiger partial charge in [-0.05, 0) is 44.0 Å². The van der Waals surface area contributed by atoms with E-state index in [1.807, 2.05) is 18.2 Å². The molecular formula is C9H5Br2NO. The first-order valence-corrected chi connectivity index (χ1v) is 5.21. The van der Waals surface area contributed by atoms with Gasteiger partial charge in [0.2, 0.25) is 5.89 Å². The summed E-state index contributed by atoms with van der Waals surface area (Å²) in [5.74, 6) is 0.611. The van der Waals surface area contributed by atoms with Gasteiger partial charge in [-0.1, -0.05) is 6.07 Å². The molecule has 0 unspecified atom stereocenters. The lowest BCUT2D eigenvalue weighted by atomic mass is 10.2. The van der Waals surface area contributed by atoms with Gasteiger partial charge in [-0.2, -0.15) is 0 Å². The van der Waals surface area contributed by atoms with E-state index in [1.165, 1.54) is 0 Å². The zero-order valence-corrected chi connectivity index (χ0v) is 9.67. The van der Waals surface area contributed by atoms with Gasteiger partial charge < -0.3 is 4.42 Å². The Balaban J connectivity index is 2.64.